The van der Waals surface area contributed by atoms with Gasteiger partial charge in [0, 0.05) is 18.5 Å². The van der Waals surface area contributed by atoms with E-state index in [1.54, 1.807) is 0 Å². The zero-order valence-electron chi connectivity index (χ0n) is 20.8. The molecule has 0 amide bonds. The molecular weight excluding hydrogens is 615 g/mol. The van der Waals surface area contributed by atoms with Crippen LogP contribution >= 0.6 is 7.14 Å². The van der Waals surface area contributed by atoms with E-state index < -0.39 is 135 Å². The minimum absolute atomic E-state index is 0.752. The summed E-state index contributed by atoms with van der Waals surface area (Å²) in [6.07, 6.45) is -2.25. The fourth-order valence-corrected chi connectivity index (χ4v) is 11.0. The normalized spacial score (nSPS) is 12.4. The third-order valence-electron chi connectivity index (χ3n) is 7.70. The fraction of sp³-hybridized carbons (Fsp3) is 0.250. The summed E-state index contributed by atoms with van der Waals surface area (Å²) < 4.78 is 223. The second kappa shape index (κ2) is 11.1. The summed E-state index contributed by atoms with van der Waals surface area (Å²) in [5.74, 6) is -49.8. The van der Waals surface area contributed by atoms with E-state index in [0.29, 0.717) is 0 Å². The lowest BCUT2D eigenvalue weighted by atomic mass is 9.33. The molecule has 0 heterocycles. The Morgan fingerprint density at radius 3 is 0.610 bits per heavy atom. The Balaban J connectivity index is 3.06. The maximum atomic E-state index is 15.6. The summed E-state index contributed by atoms with van der Waals surface area (Å²) in [6, 6.07) is 0. The Labute approximate surface area is 222 Å². The molecule has 0 saturated heterocycles. The molecule has 0 atom stereocenters. The molecule has 0 bridgehead atoms. The van der Waals surface area contributed by atoms with Crippen LogP contribution in [0.2, 0.25) is 0 Å². The highest BCUT2D eigenvalue weighted by Gasteiger charge is 2.62. The van der Waals surface area contributed by atoms with Gasteiger partial charge >= 0.3 is 0 Å². The molecule has 0 spiro atoms. The molecule has 41 heavy (non-hydrogen) atoms. The molecule has 0 aliphatic rings. The smallest absolute Gasteiger partial charge is 0.207 e. The van der Waals surface area contributed by atoms with Gasteiger partial charge in [0.15, 0.2) is 52.4 Å². The van der Waals surface area contributed by atoms with Crippen molar-refractivity contribution in [1.82, 2.24) is 0 Å². The molecule has 3 aromatic rings. The molecule has 0 fully saturated rings. The summed E-state index contributed by atoms with van der Waals surface area (Å²) in [5, 5.41) is 0. The summed E-state index contributed by atoms with van der Waals surface area (Å²) >= 11 is 0. The van der Waals surface area contributed by atoms with Crippen molar-refractivity contribution in [3.8, 4) is 0 Å². The number of hydrogen-bond donors (Lipinski definition) is 0. The first-order valence-corrected chi connectivity index (χ1v) is 13.9. The second-order valence-corrected chi connectivity index (χ2v) is 14.0. The van der Waals surface area contributed by atoms with Gasteiger partial charge in [-0.1, -0.05) is 16.4 Å². The second-order valence-electron chi connectivity index (χ2n) is 8.94. The lowest BCUT2D eigenvalue weighted by Gasteiger charge is -2.52. The highest BCUT2D eigenvalue weighted by Crippen LogP contribution is 2.66. The highest BCUT2D eigenvalue weighted by molar-refractivity contribution is 8.13. The van der Waals surface area contributed by atoms with Crippen LogP contribution in [0.3, 0.4) is 0 Å². The Bertz CT molecular complexity index is 1300. The monoisotopic (exact) mass is 630 g/mol. The maximum Gasteiger partial charge on any atom is 0.263 e. The minimum atomic E-state index is -5.47. The van der Waals surface area contributed by atoms with Crippen LogP contribution in [0.4, 0.5) is 65.9 Å². The first-order chi connectivity index (χ1) is 19.0. The van der Waals surface area contributed by atoms with Gasteiger partial charge in [0.05, 0.1) is 0 Å². The molecule has 0 aromatic heterocycles. The van der Waals surface area contributed by atoms with Crippen molar-refractivity contribution in [3.63, 3.8) is 0 Å². The first kappa shape index (κ1) is 32.6. The minimum Gasteiger partial charge on any atom is -0.207 e. The average molecular weight is 630 g/mol. The predicted octanol–water partition coefficient (Wildman–Crippen LogP) is 6.82. The molecule has 0 saturated carbocycles. The van der Waals surface area contributed by atoms with Crippen LogP contribution in [-0.4, -0.2) is 24.4 Å². The average Bonchev–Trinajstić information content (AvgIpc) is 2.96. The van der Waals surface area contributed by atoms with E-state index in [0.717, 1.165) is 20.8 Å². The standard InChI is InChI=1S/C24H15BF15P/c1-4-41(5-2,6-3)25(7-10(26)16(32)22(38)17(33)11(7)27,8-12(28)18(34)23(39)19(35)13(8)29)9-14(30)20(36)24(40)21(37)15(9)31/h4-6H2,1-3H3. The highest BCUT2D eigenvalue weighted by atomic mass is 31.2. The van der Waals surface area contributed by atoms with Gasteiger partial charge in [-0.25, -0.2) is 65.9 Å². The molecule has 0 nitrogen and oxygen atoms in total. The zero-order valence-corrected chi connectivity index (χ0v) is 21.7. The third-order valence-corrected chi connectivity index (χ3v) is 13.9. The zero-order chi connectivity index (χ0) is 31.5. The van der Waals surface area contributed by atoms with Crippen molar-refractivity contribution < 1.29 is 65.9 Å². The first-order valence-electron chi connectivity index (χ1n) is 11.5. The van der Waals surface area contributed by atoms with Gasteiger partial charge in [-0.2, -0.15) is 0 Å². The Hall–Kier alpha value is -2.90. The van der Waals surface area contributed by atoms with Gasteiger partial charge < -0.3 is 0 Å². The van der Waals surface area contributed by atoms with Crippen LogP contribution in [0.1, 0.15) is 20.8 Å². The van der Waals surface area contributed by atoms with Crippen LogP contribution in [0.5, 0.6) is 0 Å². The third kappa shape index (κ3) is 4.14. The summed E-state index contributed by atoms with van der Waals surface area (Å²) in [4.78, 5) is 0. The fourth-order valence-electron chi connectivity index (χ4n) is 5.71. The Morgan fingerprint density at radius 1 is 0.317 bits per heavy atom. The van der Waals surface area contributed by atoms with Gasteiger partial charge in [0.25, 0.3) is 5.87 Å². The van der Waals surface area contributed by atoms with E-state index >= 15 is 26.3 Å². The van der Waals surface area contributed by atoms with Crippen molar-refractivity contribution in [3.05, 3.63) is 87.3 Å². The molecule has 0 N–H and O–H groups in total. The van der Waals surface area contributed by atoms with Gasteiger partial charge in [-0.3, -0.25) is 0 Å². The number of rotatable bonds is 7. The molecular formula is C24H15BF15P. The summed E-state index contributed by atoms with van der Waals surface area (Å²) in [5.41, 5.74) is -7.52. The molecule has 0 radical (unpaired) electrons. The van der Waals surface area contributed by atoms with E-state index in [2.05, 4.69) is 0 Å². The van der Waals surface area contributed by atoms with Crippen molar-refractivity contribution in [2.45, 2.75) is 20.8 Å². The lowest BCUT2D eigenvalue weighted by Crippen LogP contribution is -2.75. The SMILES string of the molecule is CC[P+](CC)(CC)[B-](c1c(F)c(F)c(F)c(F)c1F)(c1c(F)c(F)c(F)c(F)c1F)c1c(F)c(F)c(F)c(F)c1F. The van der Waals surface area contributed by atoms with E-state index in [9.17, 15) is 39.5 Å². The number of hydrogen-bond acceptors (Lipinski definition) is 0. The van der Waals surface area contributed by atoms with Crippen LogP contribution in [0.25, 0.3) is 0 Å². The molecule has 224 valence electrons. The van der Waals surface area contributed by atoms with Crippen molar-refractivity contribution in [2.24, 2.45) is 0 Å². The molecule has 0 aliphatic carbocycles. The van der Waals surface area contributed by atoms with Crippen molar-refractivity contribution in [1.29, 1.82) is 0 Å². The lowest BCUT2D eigenvalue weighted by molar-refractivity contribution is 0.380. The molecule has 17 heteroatoms. The van der Waals surface area contributed by atoms with Crippen molar-refractivity contribution >= 4 is 29.4 Å². The van der Waals surface area contributed by atoms with Crippen LogP contribution < -0.4 is 16.4 Å². The van der Waals surface area contributed by atoms with Crippen LogP contribution in [-0.2, 0) is 0 Å². The number of benzene rings is 3. The molecule has 0 unspecified atom stereocenters. The van der Waals surface area contributed by atoms with E-state index in [-0.39, 0.29) is 0 Å². The maximum absolute atomic E-state index is 15.6. The Morgan fingerprint density at radius 2 is 0.463 bits per heavy atom. The van der Waals surface area contributed by atoms with Gasteiger partial charge in [-0.05, 0) is 20.8 Å². The largest absolute Gasteiger partial charge is 0.263 e. The quantitative estimate of drug-likeness (QED) is 0.0885. The van der Waals surface area contributed by atoms with E-state index in [1.165, 1.54) is 0 Å². The van der Waals surface area contributed by atoms with Gasteiger partial charge in [0.1, 0.15) is 34.9 Å². The molecule has 3 rings (SSSR count). The molecule has 0 aliphatic heterocycles. The molecule has 3 aromatic carbocycles. The summed E-state index contributed by atoms with van der Waals surface area (Å²) in [7, 11) is -4.42. The van der Waals surface area contributed by atoms with Gasteiger partial charge in [-0.15, -0.1) is 7.14 Å². The van der Waals surface area contributed by atoms with Crippen molar-refractivity contribution in [2.75, 3.05) is 18.5 Å². The van der Waals surface area contributed by atoms with Gasteiger partial charge in [0.2, 0.25) is 0 Å². The Kier molecular flexibility index (Phi) is 8.81. The van der Waals surface area contributed by atoms with E-state index in [1.807, 2.05) is 0 Å². The van der Waals surface area contributed by atoms with Crippen LogP contribution in [0, 0.1) is 87.3 Å². The summed E-state index contributed by atoms with van der Waals surface area (Å²) in [6.45, 7) is 3.05. The van der Waals surface area contributed by atoms with Crippen LogP contribution in [0.15, 0.2) is 0 Å². The van der Waals surface area contributed by atoms with E-state index in [4.69, 9.17) is 0 Å². The topological polar surface area (TPSA) is 0 Å². The number of halogens is 15. The predicted molar refractivity (Wildman–Crippen MR) is 122 cm³/mol.